The normalized spacial score (nSPS) is 11.0. The molecule has 0 radical (unpaired) electrons. The number of aryl methyl sites for hydroxylation is 1. The molecule has 3 aromatic heterocycles. The predicted octanol–water partition coefficient (Wildman–Crippen LogP) is 1.29. The number of nitrogens with zero attached hydrogens (tertiary/aromatic N) is 5. The van der Waals surface area contributed by atoms with Crippen molar-refractivity contribution in [2.45, 2.75) is 5.16 Å². The van der Waals surface area contributed by atoms with E-state index in [2.05, 4.69) is 30.2 Å². The summed E-state index contributed by atoms with van der Waals surface area (Å²) in [5, 5.41) is 4.29. The molecule has 0 amide bonds. The zero-order valence-electron chi connectivity index (χ0n) is 10.4. The number of hydrogen-bond donors (Lipinski definition) is 2. The summed E-state index contributed by atoms with van der Waals surface area (Å²) < 4.78 is 2.00. The molecule has 0 aliphatic rings. The molecular formula is C11H13N7S. The lowest BCUT2D eigenvalue weighted by molar-refractivity contribution is 0.790. The number of aromatic amines is 1. The van der Waals surface area contributed by atoms with Gasteiger partial charge in [0.1, 0.15) is 11.8 Å². The highest BCUT2D eigenvalue weighted by atomic mass is 32.2. The van der Waals surface area contributed by atoms with Crippen molar-refractivity contribution < 1.29 is 0 Å². The SMILES string of the molecule is Cn1ccnc1SCCNc1ncnc2nc[nH]c12. The number of thioether (sulfide) groups is 1. The highest BCUT2D eigenvalue weighted by Gasteiger charge is 2.05. The lowest BCUT2D eigenvalue weighted by Gasteiger charge is -2.05. The van der Waals surface area contributed by atoms with Crippen molar-refractivity contribution in [3.05, 3.63) is 25.0 Å². The molecule has 0 saturated carbocycles. The number of hydrogen-bond acceptors (Lipinski definition) is 6. The summed E-state index contributed by atoms with van der Waals surface area (Å²) >= 11 is 1.70. The lowest BCUT2D eigenvalue weighted by atomic mass is 10.5. The fourth-order valence-corrected chi connectivity index (χ4v) is 2.49. The Kier molecular flexibility index (Phi) is 3.32. The molecule has 19 heavy (non-hydrogen) atoms. The zero-order valence-corrected chi connectivity index (χ0v) is 11.2. The van der Waals surface area contributed by atoms with Crippen LogP contribution in [0.4, 0.5) is 5.82 Å². The Morgan fingerprint density at radius 1 is 1.32 bits per heavy atom. The Labute approximate surface area is 113 Å². The van der Waals surface area contributed by atoms with Crippen molar-refractivity contribution in [1.82, 2.24) is 29.5 Å². The Morgan fingerprint density at radius 3 is 3.11 bits per heavy atom. The zero-order chi connectivity index (χ0) is 13.1. The van der Waals surface area contributed by atoms with Gasteiger partial charge in [0.2, 0.25) is 0 Å². The van der Waals surface area contributed by atoms with E-state index in [0.29, 0.717) is 5.65 Å². The molecule has 0 unspecified atom stereocenters. The second-order valence-corrected chi connectivity index (χ2v) is 4.98. The minimum absolute atomic E-state index is 0.675. The number of fused-ring (bicyclic) bond motifs is 1. The van der Waals surface area contributed by atoms with Crippen molar-refractivity contribution in [1.29, 1.82) is 0 Å². The van der Waals surface area contributed by atoms with E-state index >= 15 is 0 Å². The number of anilines is 1. The third kappa shape index (κ3) is 2.53. The summed E-state index contributed by atoms with van der Waals surface area (Å²) in [5.74, 6) is 1.69. The quantitative estimate of drug-likeness (QED) is 0.539. The van der Waals surface area contributed by atoms with Crippen LogP contribution in [0, 0.1) is 0 Å². The molecule has 0 spiro atoms. The fourth-order valence-electron chi connectivity index (χ4n) is 1.70. The van der Waals surface area contributed by atoms with Crippen molar-refractivity contribution in [3.63, 3.8) is 0 Å². The van der Waals surface area contributed by atoms with E-state index in [4.69, 9.17) is 0 Å². The van der Waals surface area contributed by atoms with Crippen LogP contribution >= 0.6 is 11.8 Å². The maximum absolute atomic E-state index is 4.26. The second-order valence-electron chi connectivity index (χ2n) is 3.92. The van der Waals surface area contributed by atoms with Crippen LogP contribution in [0.1, 0.15) is 0 Å². The number of H-pyrrole nitrogens is 1. The van der Waals surface area contributed by atoms with Crippen LogP contribution < -0.4 is 5.32 Å². The summed E-state index contributed by atoms with van der Waals surface area (Å²) in [5.41, 5.74) is 1.51. The van der Waals surface area contributed by atoms with Crippen LogP contribution in [0.15, 0.2) is 30.2 Å². The van der Waals surface area contributed by atoms with E-state index in [-0.39, 0.29) is 0 Å². The van der Waals surface area contributed by atoms with E-state index in [0.717, 1.165) is 28.8 Å². The number of imidazole rings is 2. The number of rotatable bonds is 5. The first-order valence-electron chi connectivity index (χ1n) is 5.82. The van der Waals surface area contributed by atoms with Gasteiger partial charge in [-0.2, -0.15) is 0 Å². The van der Waals surface area contributed by atoms with Gasteiger partial charge in [-0.1, -0.05) is 11.8 Å². The first kappa shape index (κ1) is 12.0. The molecule has 0 atom stereocenters. The van der Waals surface area contributed by atoms with Crippen LogP contribution in [-0.4, -0.2) is 41.8 Å². The van der Waals surface area contributed by atoms with Crippen molar-refractivity contribution >= 4 is 28.7 Å². The van der Waals surface area contributed by atoms with Gasteiger partial charge in [0.05, 0.1) is 6.33 Å². The molecule has 8 heteroatoms. The first-order valence-corrected chi connectivity index (χ1v) is 6.81. The first-order chi connectivity index (χ1) is 9.34. The minimum Gasteiger partial charge on any atom is -0.367 e. The second kappa shape index (κ2) is 5.27. The molecule has 0 aromatic carbocycles. The van der Waals surface area contributed by atoms with Gasteiger partial charge < -0.3 is 14.9 Å². The van der Waals surface area contributed by atoms with Gasteiger partial charge in [-0.25, -0.2) is 19.9 Å². The standard InChI is InChI=1S/C11H13N7S/c1-18-4-2-13-11(18)19-5-3-12-9-8-10(15-6-14-8)17-7-16-9/h2,4,6-7H,3,5H2,1H3,(H2,12,14,15,16,17). The Bertz CT molecular complexity index is 674. The Morgan fingerprint density at radius 2 is 2.26 bits per heavy atom. The molecule has 0 saturated heterocycles. The van der Waals surface area contributed by atoms with Crippen LogP contribution in [0.5, 0.6) is 0 Å². The number of aromatic nitrogens is 6. The van der Waals surface area contributed by atoms with E-state index in [9.17, 15) is 0 Å². The van der Waals surface area contributed by atoms with Crippen molar-refractivity contribution in [2.24, 2.45) is 7.05 Å². The largest absolute Gasteiger partial charge is 0.367 e. The van der Waals surface area contributed by atoms with Gasteiger partial charge in [-0.3, -0.25) is 0 Å². The van der Waals surface area contributed by atoms with Crippen molar-refractivity contribution in [2.75, 3.05) is 17.6 Å². The molecule has 2 N–H and O–H groups in total. The van der Waals surface area contributed by atoms with Gasteiger partial charge >= 0.3 is 0 Å². The highest BCUT2D eigenvalue weighted by Crippen LogP contribution is 2.16. The van der Waals surface area contributed by atoms with Gasteiger partial charge in [-0.05, 0) is 0 Å². The maximum Gasteiger partial charge on any atom is 0.182 e. The monoisotopic (exact) mass is 275 g/mol. The van der Waals surface area contributed by atoms with Crippen LogP contribution in [0.25, 0.3) is 11.2 Å². The average molecular weight is 275 g/mol. The fraction of sp³-hybridized carbons (Fsp3) is 0.273. The van der Waals surface area contributed by atoms with Crippen LogP contribution in [-0.2, 0) is 7.05 Å². The smallest absolute Gasteiger partial charge is 0.182 e. The Hall–Kier alpha value is -2.09. The topological polar surface area (TPSA) is 84.3 Å². The third-order valence-electron chi connectivity index (χ3n) is 2.63. The summed E-state index contributed by atoms with van der Waals surface area (Å²) in [6.07, 6.45) is 6.87. The predicted molar refractivity (Wildman–Crippen MR) is 74.1 cm³/mol. The summed E-state index contributed by atoms with van der Waals surface area (Å²) in [4.78, 5) is 19.7. The number of nitrogens with one attached hydrogen (secondary N) is 2. The molecule has 0 fully saturated rings. The molecule has 98 valence electrons. The van der Waals surface area contributed by atoms with E-state index in [1.807, 2.05) is 17.8 Å². The summed E-state index contributed by atoms with van der Waals surface area (Å²) in [6, 6.07) is 0. The average Bonchev–Trinajstić information content (AvgIpc) is 3.04. The molecule has 7 nitrogen and oxygen atoms in total. The third-order valence-corrected chi connectivity index (χ3v) is 3.69. The highest BCUT2D eigenvalue weighted by molar-refractivity contribution is 7.99. The van der Waals surface area contributed by atoms with Crippen LogP contribution in [0.3, 0.4) is 0 Å². The summed E-state index contributed by atoms with van der Waals surface area (Å²) in [6.45, 7) is 0.794. The lowest BCUT2D eigenvalue weighted by Crippen LogP contribution is -2.07. The van der Waals surface area contributed by atoms with E-state index in [1.165, 1.54) is 6.33 Å². The molecule has 0 aliphatic heterocycles. The van der Waals surface area contributed by atoms with Crippen molar-refractivity contribution in [3.8, 4) is 0 Å². The Balaban J connectivity index is 1.58. The molecule has 3 rings (SSSR count). The molecule has 3 aromatic rings. The maximum atomic E-state index is 4.26. The van der Waals surface area contributed by atoms with E-state index < -0.39 is 0 Å². The van der Waals surface area contributed by atoms with Gasteiger partial charge in [0.15, 0.2) is 16.6 Å². The van der Waals surface area contributed by atoms with Gasteiger partial charge in [0.25, 0.3) is 0 Å². The molecule has 3 heterocycles. The van der Waals surface area contributed by atoms with E-state index in [1.54, 1.807) is 24.3 Å². The molecule has 0 aliphatic carbocycles. The van der Waals surface area contributed by atoms with Gasteiger partial charge in [-0.15, -0.1) is 0 Å². The van der Waals surface area contributed by atoms with Gasteiger partial charge in [0, 0.05) is 31.7 Å². The molecular weight excluding hydrogens is 262 g/mol. The van der Waals surface area contributed by atoms with Crippen LogP contribution in [0.2, 0.25) is 0 Å². The molecule has 0 bridgehead atoms. The summed E-state index contributed by atoms with van der Waals surface area (Å²) in [7, 11) is 1.99. The minimum atomic E-state index is 0.675.